The summed E-state index contributed by atoms with van der Waals surface area (Å²) in [7, 11) is 0. The number of carbonyl (C=O) groups is 1. The third-order valence-corrected chi connectivity index (χ3v) is 3.22. The summed E-state index contributed by atoms with van der Waals surface area (Å²) in [5.74, 6) is 0.733. The molecular formula is C14H19NO3. The molecule has 1 aliphatic carbocycles. The Bertz CT molecular complexity index is 400. The number of esters is 1. The number of nitrogen functional groups attached to an aromatic ring is 1. The number of anilines is 1. The summed E-state index contributed by atoms with van der Waals surface area (Å²) >= 11 is 0. The lowest BCUT2D eigenvalue weighted by atomic mass is 10.1. The zero-order valence-corrected chi connectivity index (χ0v) is 10.4. The molecule has 0 radical (unpaired) electrons. The topological polar surface area (TPSA) is 61.5 Å². The van der Waals surface area contributed by atoms with Gasteiger partial charge in [0.25, 0.3) is 0 Å². The maximum atomic E-state index is 11.5. The second-order valence-corrected chi connectivity index (χ2v) is 4.66. The van der Waals surface area contributed by atoms with Gasteiger partial charge in [0.1, 0.15) is 5.75 Å². The first-order chi connectivity index (χ1) is 8.75. The Balaban J connectivity index is 1.69. The molecule has 1 saturated carbocycles. The highest BCUT2D eigenvalue weighted by molar-refractivity contribution is 5.71. The molecule has 1 fully saturated rings. The number of para-hydroxylation sites is 2. The predicted molar refractivity (Wildman–Crippen MR) is 69.3 cm³/mol. The Morgan fingerprint density at radius 1 is 1.28 bits per heavy atom. The van der Waals surface area contributed by atoms with E-state index in [2.05, 4.69) is 0 Å². The highest BCUT2D eigenvalue weighted by atomic mass is 16.6. The molecule has 1 aromatic carbocycles. The molecule has 0 aliphatic heterocycles. The average Bonchev–Trinajstić information content (AvgIpc) is 2.88. The van der Waals surface area contributed by atoms with Crippen LogP contribution in [-0.2, 0) is 9.53 Å². The molecule has 2 rings (SSSR count). The van der Waals surface area contributed by atoms with Crippen molar-refractivity contribution in [2.45, 2.75) is 25.7 Å². The third kappa shape index (κ3) is 3.65. The molecule has 0 saturated heterocycles. The monoisotopic (exact) mass is 249 g/mol. The average molecular weight is 249 g/mol. The van der Waals surface area contributed by atoms with E-state index in [0.717, 1.165) is 0 Å². The quantitative estimate of drug-likeness (QED) is 0.643. The number of benzene rings is 1. The van der Waals surface area contributed by atoms with Gasteiger partial charge in [0, 0.05) is 0 Å². The molecule has 0 atom stereocenters. The van der Waals surface area contributed by atoms with E-state index < -0.39 is 0 Å². The summed E-state index contributed by atoms with van der Waals surface area (Å²) in [5, 5.41) is 0. The van der Waals surface area contributed by atoms with E-state index in [9.17, 15) is 4.79 Å². The molecule has 98 valence electrons. The minimum absolute atomic E-state index is 0.0824. The Labute approximate surface area is 107 Å². The van der Waals surface area contributed by atoms with Gasteiger partial charge in [0.05, 0.1) is 12.3 Å². The molecule has 18 heavy (non-hydrogen) atoms. The van der Waals surface area contributed by atoms with Crippen molar-refractivity contribution in [3.63, 3.8) is 0 Å². The second-order valence-electron chi connectivity index (χ2n) is 4.66. The molecular weight excluding hydrogens is 230 g/mol. The van der Waals surface area contributed by atoms with Crippen LogP contribution in [-0.4, -0.2) is 19.2 Å². The van der Waals surface area contributed by atoms with Gasteiger partial charge >= 0.3 is 5.97 Å². The Morgan fingerprint density at radius 3 is 2.72 bits per heavy atom. The fourth-order valence-electron chi connectivity index (χ4n) is 2.18. The molecule has 4 heteroatoms. The van der Waals surface area contributed by atoms with Gasteiger partial charge in [0.2, 0.25) is 0 Å². The van der Waals surface area contributed by atoms with E-state index >= 15 is 0 Å². The minimum atomic E-state index is -0.329. The van der Waals surface area contributed by atoms with Gasteiger partial charge in [-0.3, -0.25) is 0 Å². The summed E-state index contributed by atoms with van der Waals surface area (Å²) in [4.78, 5) is 11.5. The number of ether oxygens (including phenoxy) is 2. The van der Waals surface area contributed by atoms with Crippen LogP contribution >= 0.6 is 0 Å². The molecule has 0 unspecified atom stereocenters. The van der Waals surface area contributed by atoms with E-state index in [1.807, 2.05) is 12.1 Å². The number of rotatable bonds is 5. The van der Waals surface area contributed by atoms with E-state index in [0.29, 0.717) is 24.0 Å². The van der Waals surface area contributed by atoms with E-state index in [-0.39, 0.29) is 12.6 Å². The number of hydrogen-bond donors (Lipinski definition) is 1. The molecule has 2 N–H and O–H groups in total. The van der Waals surface area contributed by atoms with Crippen molar-refractivity contribution in [3.05, 3.63) is 24.3 Å². The normalized spacial score (nSPS) is 15.6. The van der Waals surface area contributed by atoms with Crippen LogP contribution in [0.15, 0.2) is 24.3 Å². The molecule has 0 amide bonds. The highest BCUT2D eigenvalue weighted by Gasteiger charge is 2.17. The predicted octanol–water partition coefficient (Wildman–Crippen LogP) is 2.38. The first-order valence-electron chi connectivity index (χ1n) is 6.38. The van der Waals surface area contributed by atoms with Crippen LogP contribution < -0.4 is 10.5 Å². The van der Waals surface area contributed by atoms with Crippen molar-refractivity contribution in [2.24, 2.45) is 5.92 Å². The Hall–Kier alpha value is -1.71. The van der Waals surface area contributed by atoms with Crippen LogP contribution in [0.2, 0.25) is 0 Å². The van der Waals surface area contributed by atoms with Gasteiger partial charge in [-0.15, -0.1) is 0 Å². The third-order valence-electron chi connectivity index (χ3n) is 3.22. The van der Waals surface area contributed by atoms with Gasteiger partial charge < -0.3 is 15.2 Å². The van der Waals surface area contributed by atoms with Gasteiger partial charge in [-0.1, -0.05) is 25.0 Å². The SMILES string of the molecule is Nc1ccccc1OCC(=O)OCC1CCCC1. The van der Waals surface area contributed by atoms with Crippen LogP contribution in [0.1, 0.15) is 25.7 Å². The summed E-state index contributed by atoms with van der Waals surface area (Å²) < 4.78 is 10.5. The molecule has 0 aromatic heterocycles. The van der Waals surface area contributed by atoms with Crippen LogP contribution in [0.4, 0.5) is 5.69 Å². The van der Waals surface area contributed by atoms with Gasteiger partial charge in [-0.05, 0) is 30.9 Å². The Morgan fingerprint density at radius 2 is 2.00 bits per heavy atom. The first kappa shape index (κ1) is 12.7. The summed E-state index contributed by atoms with van der Waals surface area (Å²) in [5.41, 5.74) is 6.23. The fraction of sp³-hybridized carbons (Fsp3) is 0.500. The standard InChI is InChI=1S/C14H19NO3/c15-12-7-3-4-8-13(12)17-10-14(16)18-9-11-5-1-2-6-11/h3-4,7-8,11H,1-2,5-6,9-10,15H2. The molecule has 1 aliphatic rings. The number of carbonyl (C=O) groups excluding carboxylic acids is 1. The van der Waals surface area contributed by atoms with E-state index in [1.54, 1.807) is 12.1 Å². The van der Waals surface area contributed by atoms with Crippen LogP contribution in [0, 0.1) is 5.92 Å². The minimum Gasteiger partial charge on any atom is -0.480 e. The van der Waals surface area contributed by atoms with Crippen molar-refractivity contribution in [1.29, 1.82) is 0 Å². The van der Waals surface area contributed by atoms with Crippen molar-refractivity contribution in [1.82, 2.24) is 0 Å². The molecule has 0 bridgehead atoms. The first-order valence-corrected chi connectivity index (χ1v) is 6.38. The maximum absolute atomic E-state index is 11.5. The fourth-order valence-corrected chi connectivity index (χ4v) is 2.18. The van der Waals surface area contributed by atoms with E-state index in [4.69, 9.17) is 15.2 Å². The molecule has 4 nitrogen and oxygen atoms in total. The Kier molecular flexibility index (Phi) is 4.45. The summed E-state index contributed by atoms with van der Waals surface area (Å²) in [6.45, 7) is 0.438. The molecule has 0 spiro atoms. The highest BCUT2D eigenvalue weighted by Crippen LogP contribution is 2.24. The van der Waals surface area contributed by atoms with Crippen molar-refractivity contribution in [3.8, 4) is 5.75 Å². The zero-order chi connectivity index (χ0) is 12.8. The van der Waals surface area contributed by atoms with Gasteiger partial charge in [-0.25, -0.2) is 4.79 Å². The smallest absolute Gasteiger partial charge is 0.344 e. The van der Waals surface area contributed by atoms with E-state index in [1.165, 1.54) is 25.7 Å². The lowest BCUT2D eigenvalue weighted by molar-refractivity contribution is -0.147. The van der Waals surface area contributed by atoms with Gasteiger partial charge in [0.15, 0.2) is 6.61 Å². The second kappa shape index (κ2) is 6.28. The van der Waals surface area contributed by atoms with Crippen molar-refractivity contribution >= 4 is 11.7 Å². The summed E-state index contributed by atoms with van der Waals surface area (Å²) in [6.07, 6.45) is 4.83. The van der Waals surface area contributed by atoms with Crippen molar-refractivity contribution in [2.75, 3.05) is 18.9 Å². The molecule has 1 aromatic rings. The van der Waals surface area contributed by atoms with Gasteiger partial charge in [-0.2, -0.15) is 0 Å². The zero-order valence-electron chi connectivity index (χ0n) is 10.4. The van der Waals surface area contributed by atoms with Crippen molar-refractivity contribution < 1.29 is 14.3 Å². The van der Waals surface area contributed by atoms with Crippen LogP contribution in [0.3, 0.4) is 0 Å². The lowest BCUT2D eigenvalue weighted by Crippen LogP contribution is -2.18. The number of hydrogen-bond acceptors (Lipinski definition) is 4. The number of nitrogens with two attached hydrogens (primary N) is 1. The molecule has 0 heterocycles. The largest absolute Gasteiger partial charge is 0.480 e. The summed E-state index contributed by atoms with van der Waals surface area (Å²) in [6, 6.07) is 7.11. The van der Waals surface area contributed by atoms with Crippen LogP contribution in [0.25, 0.3) is 0 Å². The lowest BCUT2D eigenvalue weighted by Gasteiger charge is -2.11. The maximum Gasteiger partial charge on any atom is 0.344 e. The van der Waals surface area contributed by atoms with Crippen LogP contribution in [0.5, 0.6) is 5.75 Å².